The van der Waals surface area contributed by atoms with Gasteiger partial charge in [-0.25, -0.2) is 9.48 Å². The van der Waals surface area contributed by atoms with Crippen LogP contribution in [0.1, 0.15) is 23.0 Å². The van der Waals surface area contributed by atoms with Gasteiger partial charge in [-0.1, -0.05) is 36.2 Å². The van der Waals surface area contributed by atoms with E-state index in [4.69, 9.17) is 23.2 Å². The zero-order valence-corrected chi connectivity index (χ0v) is 12.9. The van der Waals surface area contributed by atoms with Crippen molar-refractivity contribution in [2.24, 2.45) is 0 Å². The fraction of sp³-hybridized carbons (Fsp3) is 0.214. The van der Waals surface area contributed by atoms with Gasteiger partial charge in [0, 0.05) is 11.8 Å². The molecule has 1 heterocycles. The number of halogens is 2. The fourth-order valence-electron chi connectivity index (χ4n) is 1.82. The smallest absolute Gasteiger partial charge is 0.362 e. The van der Waals surface area contributed by atoms with Gasteiger partial charge in [-0.05, 0) is 18.6 Å². The number of esters is 1. The molecule has 21 heavy (non-hydrogen) atoms. The van der Waals surface area contributed by atoms with Crippen LogP contribution in [-0.4, -0.2) is 22.9 Å². The molecule has 110 valence electrons. The van der Waals surface area contributed by atoms with Gasteiger partial charge in [0.25, 0.3) is 0 Å². The van der Waals surface area contributed by atoms with Crippen LogP contribution in [-0.2, 0) is 11.2 Å². The summed E-state index contributed by atoms with van der Waals surface area (Å²) < 4.78 is 5.95. The minimum absolute atomic E-state index is 0.284. The molecule has 7 heteroatoms. The number of benzene rings is 1. The first-order chi connectivity index (χ1) is 9.99. The van der Waals surface area contributed by atoms with Crippen molar-refractivity contribution in [3.63, 3.8) is 0 Å². The molecule has 0 bridgehead atoms. The van der Waals surface area contributed by atoms with Crippen LogP contribution < -0.4 is 5.43 Å². The van der Waals surface area contributed by atoms with E-state index in [2.05, 4.69) is 9.84 Å². The Morgan fingerprint density at radius 3 is 2.71 bits per heavy atom. The number of carbonyl (C=O) groups is 1. The average Bonchev–Trinajstić information content (AvgIpc) is 2.49. The molecule has 0 spiro atoms. The maximum absolute atomic E-state index is 12.1. The number of rotatable bonds is 3. The van der Waals surface area contributed by atoms with E-state index in [-0.39, 0.29) is 10.7 Å². The molecule has 1 aromatic heterocycles. The summed E-state index contributed by atoms with van der Waals surface area (Å²) in [5.41, 5.74) is 0.178. The molecular formula is C14H12Cl2N2O3. The lowest BCUT2D eigenvalue weighted by atomic mass is 10.2. The van der Waals surface area contributed by atoms with Gasteiger partial charge in [-0.2, -0.15) is 5.10 Å². The summed E-state index contributed by atoms with van der Waals surface area (Å²) in [5.74, 6) is -0.790. The van der Waals surface area contributed by atoms with Gasteiger partial charge >= 0.3 is 5.97 Å². The van der Waals surface area contributed by atoms with E-state index in [1.165, 1.54) is 18.0 Å². The van der Waals surface area contributed by atoms with E-state index >= 15 is 0 Å². The van der Waals surface area contributed by atoms with Crippen LogP contribution >= 0.6 is 23.2 Å². The van der Waals surface area contributed by atoms with Crippen molar-refractivity contribution >= 4 is 29.2 Å². The predicted octanol–water partition coefficient (Wildman–Crippen LogP) is 2.89. The molecule has 0 radical (unpaired) electrons. The summed E-state index contributed by atoms with van der Waals surface area (Å²) >= 11 is 12.1. The topological polar surface area (TPSA) is 61.2 Å². The standard InChI is InChI=1S/C14H12Cl2N2O3/c1-3-8-7-18(10-6-4-5-9(15)11(10)16)17-12(13(8)19)14(20)21-2/h4-7H,3H2,1-2H3. The highest BCUT2D eigenvalue weighted by Crippen LogP contribution is 2.27. The number of hydrogen-bond acceptors (Lipinski definition) is 4. The minimum atomic E-state index is -0.790. The molecule has 2 aromatic rings. The van der Waals surface area contributed by atoms with Gasteiger partial charge in [0.2, 0.25) is 11.1 Å². The quantitative estimate of drug-likeness (QED) is 0.813. The normalized spacial score (nSPS) is 10.5. The Bertz CT molecular complexity index is 756. The van der Waals surface area contributed by atoms with Crippen LogP contribution in [0.4, 0.5) is 0 Å². The third-order valence-electron chi connectivity index (χ3n) is 2.93. The van der Waals surface area contributed by atoms with Gasteiger partial charge < -0.3 is 4.74 Å². The molecule has 0 aliphatic carbocycles. The predicted molar refractivity (Wildman–Crippen MR) is 80.6 cm³/mol. The van der Waals surface area contributed by atoms with E-state index in [1.54, 1.807) is 18.2 Å². The van der Waals surface area contributed by atoms with Crippen LogP contribution in [0, 0.1) is 0 Å². The molecule has 0 fully saturated rings. The van der Waals surface area contributed by atoms with E-state index in [9.17, 15) is 9.59 Å². The van der Waals surface area contributed by atoms with Crippen molar-refractivity contribution < 1.29 is 9.53 Å². The SMILES string of the molecule is CCc1cn(-c2cccc(Cl)c2Cl)nc(C(=O)OC)c1=O. The highest BCUT2D eigenvalue weighted by atomic mass is 35.5. The molecule has 2 rings (SSSR count). The Hall–Kier alpha value is -1.85. The fourth-order valence-corrected chi connectivity index (χ4v) is 2.20. The van der Waals surface area contributed by atoms with E-state index in [1.807, 2.05) is 6.92 Å². The van der Waals surface area contributed by atoms with Crippen molar-refractivity contribution in [1.82, 2.24) is 9.78 Å². The van der Waals surface area contributed by atoms with E-state index in [0.717, 1.165) is 0 Å². The third kappa shape index (κ3) is 2.94. The first-order valence-electron chi connectivity index (χ1n) is 6.15. The van der Waals surface area contributed by atoms with Gasteiger partial charge in [-0.3, -0.25) is 4.79 Å². The summed E-state index contributed by atoms with van der Waals surface area (Å²) in [6.45, 7) is 1.81. The summed E-state index contributed by atoms with van der Waals surface area (Å²) in [4.78, 5) is 23.8. The zero-order chi connectivity index (χ0) is 15.6. The number of hydrogen-bond donors (Lipinski definition) is 0. The lowest BCUT2D eigenvalue weighted by Crippen LogP contribution is -2.25. The van der Waals surface area contributed by atoms with Gasteiger partial charge in [-0.15, -0.1) is 0 Å². The lowest BCUT2D eigenvalue weighted by Gasteiger charge is -2.11. The maximum atomic E-state index is 12.1. The molecule has 0 aliphatic heterocycles. The van der Waals surface area contributed by atoms with Crippen molar-refractivity contribution in [3.8, 4) is 5.69 Å². The number of aromatic nitrogens is 2. The molecule has 1 aromatic carbocycles. The van der Waals surface area contributed by atoms with Crippen molar-refractivity contribution in [1.29, 1.82) is 0 Å². The summed E-state index contributed by atoms with van der Waals surface area (Å²) in [6.07, 6.45) is 1.98. The second-order valence-electron chi connectivity index (χ2n) is 4.19. The highest BCUT2D eigenvalue weighted by molar-refractivity contribution is 6.43. The Morgan fingerprint density at radius 1 is 1.38 bits per heavy atom. The third-order valence-corrected chi connectivity index (χ3v) is 3.74. The molecular weight excluding hydrogens is 315 g/mol. The van der Waals surface area contributed by atoms with Gasteiger partial charge in [0.15, 0.2) is 0 Å². The number of ether oxygens (including phenoxy) is 1. The highest BCUT2D eigenvalue weighted by Gasteiger charge is 2.18. The molecule has 0 saturated carbocycles. The van der Waals surface area contributed by atoms with Gasteiger partial charge in [0.1, 0.15) is 0 Å². The average molecular weight is 327 g/mol. The van der Waals surface area contributed by atoms with E-state index < -0.39 is 11.4 Å². The van der Waals surface area contributed by atoms with Crippen molar-refractivity contribution in [2.45, 2.75) is 13.3 Å². The zero-order valence-electron chi connectivity index (χ0n) is 11.4. The number of methoxy groups -OCH3 is 1. The monoisotopic (exact) mass is 326 g/mol. The molecule has 0 amide bonds. The van der Waals surface area contributed by atoms with Crippen LogP contribution in [0.25, 0.3) is 5.69 Å². The second-order valence-corrected chi connectivity index (χ2v) is 4.98. The molecule has 0 unspecified atom stereocenters. The molecule has 0 N–H and O–H groups in total. The molecule has 0 aliphatic rings. The Balaban J connectivity index is 2.73. The maximum Gasteiger partial charge on any atom is 0.362 e. The first-order valence-corrected chi connectivity index (χ1v) is 6.90. The number of nitrogens with zero attached hydrogens (tertiary/aromatic N) is 2. The molecule has 5 nitrogen and oxygen atoms in total. The van der Waals surface area contributed by atoms with Crippen LogP contribution in [0.2, 0.25) is 10.0 Å². The van der Waals surface area contributed by atoms with Crippen LogP contribution in [0.15, 0.2) is 29.2 Å². The molecule has 0 saturated heterocycles. The van der Waals surface area contributed by atoms with Crippen LogP contribution in [0.5, 0.6) is 0 Å². The van der Waals surface area contributed by atoms with Crippen molar-refractivity contribution in [2.75, 3.05) is 7.11 Å². The number of aryl methyl sites for hydroxylation is 1. The van der Waals surface area contributed by atoms with Gasteiger partial charge in [0.05, 0.1) is 22.8 Å². The lowest BCUT2D eigenvalue weighted by molar-refractivity contribution is 0.0590. The van der Waals surface area contributed by atoms with Crippen LogP contribution in [0.3, 0.4) is 0 Å². The summed E-state index contributed by atoms with van der Waals surface area (Å²) in [5, 5.41) is 4.65. The Kier molecular flexibility index (Phi) is 4.65. The summed E-state index contributed by atoms with van der Waals surface area (Å²) in [6, 6.07) is 5.02. The second kappa shape index (κ2) is 6.28. The number of carbonyl (C=O) groups excluding carboxylic acids is 1. The van der Waals surface area contributed by atoms with E-state index in [0.29, 0.717) is 22.7 Å². The Labute approximate surface area is 131 Å². The first kappa shape index (κ1) is 15.5. The molecule has 0 atom stereocenters. The Morgan fingerprint density at radius 2 is 2.10 bits per heavy atom. The van der Waals surface area contributed by atoms with Crippen molar-refractivity contribution in [3.05, 3.63) is 55.9 Å². The minimum Gasteiger partial charge on any atom is -0.464 e. The summed E-state index contributed by atoms with van der Waals surface area (Å²) in [7, 11) is 1.19. The largest absolute Gasteiger partial charge is 0.464 e.